The summed E-state index contributed by atoms with van der Waals surface area (Å²) in [6, 6.07) is 19.1. The van der Waals surface area contributed by atoms with Crippen LogP contribution in [-0.2, 0) is 0 Å². The summed E-state index contributed by atoms with van der Waals surface area (Å²) in [5.41, 5.74) is 3.00. The maximum atomic E-state index is 12.9. The van der Waals surface area contributed by atoms with Crippen LogP contribution in [-0.4, -0.2) is 26.5 Å². The predicted octanol–water partition coefficient (Wildman–Crippen LogP) is 4.37. The molecule has 1 N–H and O–H groups in total. The molecule has 26 heavy (non-hydrogen) atoms. The number of nitrogens with zero attached hydrogens (tertiary/aromatic N) is 3. The number of pyridine rings is 2. The monoisotopic (exact) mass is 360 g/mol. The first-order chi connectivity index (χ1) is 12.8. The zero-order valence-corrected chi connectivity index (χ0v) is 14.9. The van der Waals surface area contributed by atoms with Gasteiger partial charge in [-0.1, -0.05) is 36.4 Å². The van der Waals surface area contributed by atoms with Gasteiger partial charge in [0.2, 0.25) is 0 Å². The molecule has 1 aromatic carbocycles. The van der Waals surface area contributed by atoms with E-state index in [1.165, 1.54) is 11.8 Å². The molecule has 6 heteroatoms. The lowest BCUT2D eigenvalue weighted by molar-refractivity contribution is 0.102. The number of hydrogen-bond donors (Lipinski definition) is 1. The van der Waals surface area contributed by atoms with Crippen LogP contribution >= 0.6 is 11.8 Å². The van der Waals surface area contributed by atoms with Crippen molar-refractivity contribution in [3.05, 3.63) is 78.6 Å². The van der Waals surface area contributed by atoms with Crippen molar-refractivity contribution in [1.82, 2.24) is 14.4 Å². The number of amides is 1. The van der Waals surface area contributed by atoms with Crippen molar-refractivity contribution in [1.29, 1.82) is 0 Å². The van der Waals surface area contributed by atoms with Gasteiger partial charge in [0.25, 0.3) is 5.91 Å². The number of hydrogen-bond acceptors (Lipinski definition) is 4. The summed E-state index contributed by atoms with van der Waals surface area (Å²) in [6.45, 7) is 0. The normalized spacial score (nSPS) is 10.8. The number of fused-ring (bicyclic) bond motifs is 1. The van der Waals surface area contributed by atoms with Crippen LogP contribution in [0, 0.1) is 0 Å². The van der Waals surface area contributed by atoms with E-state index in [1.54, 1.807) is 18.3 Å². The summed E-state index contributed by atoms with van der Waals surface area (Å²) in [4.78, 5) is 21.9. The lowest BCUT2D eigenvalue weighted by Gasteiger charge is -2.09. The first-order valence-electron chi connectivity index (χ1n) is 8.11. The molecule has 0 aliphatic heterocycles. The van der Waals surface area contributed by atoms with Crippen molar-refractivity contribution < 1.29 is 4.79 Å². The minimum atomic E-state index is -0.203. The van der Waals surface area contributed by atoms with Crippen molar-refractivity contribution in [2.24, 2.45) is 0 Å². The predicted molar refractivity (Wildman–Crippen MR) is 105 cm³/mol. The average molecular weight is 360 g/mol. The molecule has 0 bridgehead atoms. The fourth-order valence-electron chi connectivity index (χ4n) is 2.81. The number of benzene rings is 1. The number of aromatic nitrogens is 3. The first kappa shape index (κ1) is 16.4. The van der Waals surface area contributed by atoms with Crippen LogP contribution in [0.2, 0.25) is 0 Å². The Bertz CT molecular complexity index is 1080. The second-order valence-corrected chi connectivity index (χ2v) is 6.41. The van der Waals surface area contributed by atoms with E-state index in [4.69, 9.17) is 4.98 Å². The molecule has 0 fully saturated rings. The molecule has 4 aromatic rings. The van der Waals surface area contributed by atoms with Gasteiger partial charge in [-0.15, -0.1) is 11.8 Å². The van der Waals surface area contributed by atoms with Crippen molar-refractivity contribution >= 4 is 29.1 Å². The molecule has 0 aliphatic rings. The van der Waals surface area contributed by atoms with Gasteiger partial charge >= 0.3 is 0 Å². The third-order valence-electron chi connectivity index (χ3n) is 4.02. The SMILES string of the molecule is CSc1ncccc1C(=O)Nc1c(-c2ccccc2)nc2ccccn12. The van der Waals surface area contributed by atoms with Crippen molar-refractivity contribution in [3.8, 4) is 11.3 Å². The highest BCUT2D eigenvalue weighted by Crippen LogP contribution is 2.29. The molecule has 0 aliphatic carbocycles. The Kier molecular flexibility index (Phi) is 4.41. The quantitative estimate of drug-likeness (QED) is 0.549. The Hall–Kier alpha value is -3.12. The Morgan fingerprint density at radius 1 is 1.04 bits per heavy atom. The molecule has 3 heterocycles. The van der Waals surface area contributed by atoms with Gasteiger partial charge in [0.15, 0.2) is 0 Å². The summed E-state index contributed by atoms with van der Waals surface area (Å²) in [7, 11) is 0. The molecule has 0 saturated heterocycles. The number of thioether (sulfide) groups is 1. The molecular weight excluding hydrogens is 344 g/mol. The van der Waals surface area contributed by atoms with E-state index in [1.807, 2.05) is 65.4 Å². The highest BCUT2D eigenvalue weighted by molar-refractivity contribution is 7.98. The van der Waals surface area contributed by atoms with E-state index >= 15 is 0 Å². The summed E-state index contributed by atoms with van der Waals surface area (Å²) in [6.07, 6.45) is 5.48. The number of rotatable bonds is 4. The zero-order valence-electron chi connectivity index (χ0n) is 14.1. The van der Waals surface area contributed by atoms with Crippen LogP contribution in [0.15, 0.2) is 78.1 Å². The van der Waals surface area contributed by atoms with E-state index in [0.717, 1.165) is 16.9 Å². The number of nitrogens with one attached hydrogen (secondary N) is 1. The van der Waals surface area contributed by atoms with Crippen LogP contribution < -0.4 is 5.32 Å². The van der Waals surface area contributed by atoms with E-state index in [0.29, 0.717) is 16.4 Å². The van der Waals surface area contributed by atoms with Gasteiger partial charge in [0.1, 0.15) is 22.2 Å². The fourth-order valence-corrected chi connectivity index (χ4v) is 3.36. The second kappa shape index (κ2) is 7.01. The molecule has 5 nitrogen and oxygen atoms in total. The molecule has 0 saturated carbocycles. The minimum Gasteiger partial charge on any atom is -0.306 e. The summed E-state index contributed by atoms with van der Waals surface area (Å²) in [5.74, 6) is 0.443. The molecule has 0 atom stereocenters. The third-order valence-corrected chi connectivity index (χ3v) is 4.73. The van der Waals surface area contributed by atoms with Gasteiger partial charge in [0.05, 0.1) is 5.56 Å². The standard InChI is InChI=1S/C20H16N4OS/c1-26-20-15(10-7-12-21-20)19(25)23-18-17(14-8-3-2-4-9-14)22-16-11-5-6-13-24(16)18/h2-13H,1H3,(H,23,25). The zero-order chi connectivity index (χ0) is 17.9. The van der Waals surface area contributed by atoms with E-state index in [2.05, 4.69) is 10.3 Å². The maximum absolute atomic E-state index is 12.9. The highest BCUT2D eigenvalue weighted by atomic mass is 32.2. The Balaban J connectivity index is 1.82. The molecule has 0 spiro atoms. The number of imidazole rings is 1. The number of anilines is 1. The largest absolute Gasteiger partial charge is 0.306 e. The summed E-state index contributed by atoms with van der Waals surface area (Å²) >= 11 is 1.45. The minimum absolute atomic E-state index is 0.203. The van der Waals surface area contributed by atoms with E-state index < -0.39 is 0 Å². The van der Waals surface area contributed by atoms with Gasteiger partial charge in [-0.3, -0.25) is 9.20 Å². The van der Waals surface area contributed by atoms with Crippen LogP contribution in [0.1, 0.15) is 10.4 Å². The van der Waals surface area contributed by atoms with Crippen LogP contribution in [0.5, 0.6) is 0 Å². The lowest BCUT2D eigenvalue weighted by atomic mass is 10.1. The van der Waals surface area contributed by atoms with Crippen LogP contribution in [0.4, 0.5) is 5.82 Å². The summed E-state index contributed by atoms with van der Waals surface area (Å²) in [5, 5.41) is 3.73. The lowest BCUT2D eigenvalue weighted by Crippen LogP contribution is -2.15. The van der Waals surface area contributed by atoms with Crippen molar-refractivity contribution in [2.75, 3.05) is 11.6 Å². The fraction of sp³-hybridized carbons (Fsp3) is 0.0500. The molecule has 3 aromatic heterocycles. The number of carbonyl (C=O) groups excluding carboxylic acids is 1. The molecule has 128 valence electrons. The second-order valence-electron chi connectivity index (χ2n) is 5.62. The Labute approximate surface area is 155 Å². The molecule has 0 unspecified atom stereocenters. The Morgan fingerprint density at radius 2 is 1.85 bits per heavy atom. The van der Waals surface area contributed by atoms with E-state index in [-0.39, 0.29) is 5.91 Å². The maximum Gasteiger partial charge on any atom is 0.259 e. The van der Waals surface area contributed by atoms with Crippen molar-refractivity contribution in [3.63, 3.8) is 0 Å². The molecule has 1 amide bonds. The van der Waals surface area contributed by atoms with Crippen LogP contribution in [0.25, 0.3) is 16.9 Å². The van der Waals surface area contributed by atoms with E-state index in [9.17, 15) is 4.79 Å². The highest BCUT2D eigenvalue weighted by Gasteiger charge is 2.18. The molecule has 4 rings (SSSR count). The van der Waals surface area contributed by atoms with Crippen molar-refractivity contribution in [2.45, 2.75) is 5.03 Å². The van der Waals surface area contributed by atoms with Gasteiger partial charge in [-0.25, -0.2) is 9.97 Å². The summed E-state index contributed by atoms with van der Waals surface area (Å²) < 4.78 is 1.88. The first-order valence-corrected chi connectivity index (χ1v) is 9.33. The van der Waals surface area contributed by atoms with Crippen LogP contribution in [0.3, 0.4) is 0 Å². The molecular formula is C20H16N4OS. The van der Waals surface area contributed by atoms with Gasteiger partial charge in [-0.2, -0.15) is 0 Å². The van der Waals surface area contributed by atoms with Gasteiger partial charge in [-0.05, 0) is 30.5 Å². The average Bonchev–Trinajstić information content (AvgIpc) is 3.07. The van der Waals surface area contributed by atoms with Gasteiger partial charge in [0, 0.05) is 18.0 Å². The topological polar surface area (TPSA) is 59.3 Å². The Morgan fingerprint density at radius 3 is 2.65 bits per heavy atom. The number of carbonyl (C=O) groups is 1. The molecule has 0 radical (unpaired) electrons. The third kappa shape index (κ3) is 2.95. The smallest absolute Gasteiger partial charge is 0.259 e. The van der Waals surface area contributed by atoms with Gasteiger partial charge < -0.3 is 5.32 Å².